The smallest absolute Gasteiger partial charge is 0.223 e. The van der Waals surface area contributed by atoms with Gasteiger partial charge in [-0.25, -0.2) is 23.6 Å². The normalized spacial score (nSPS) is 17.9. The molecule has 2 aliphatic rings. The third-order valence-electron chi connectivity index (χ3n) is 6.72. The van der Waals surface area contributed by atoms with Gasteiger partial charge in [0.25, 0.3) is 0 Å². The lowest BCUT2D eigenvalue weighted by atomic mass is 9.62. The zero-order valence-electron chi connectivity index (χ0n) is 21.2. The number of rotatable bonds is 8. The number of anilines is 2. The van der Waals surface area contributed by atoms with Crippen LogP contribution < -0.4 is 15.4 Å². The van der Waals surface area contributed by atoms with Gasteiger partial charge in [-0.3, -0.25) is 0 Å². The minimum Gasteiger partial charge on any atom is -0.351 e. The van der Waals surface area contributed by atoms with Crippen molar-refractivity contribution in [2.45, 2.75) is 58.4 Å². The van der Waals surface area contributed by atoms with Crippen LogP contribution in [0.4, 0.5) is 16.0 Å². The Morgan fingerprint density at radius 2 is 2.00 bits per heavy atom. The molecule has 2 aromatic heterocycles. The average Bonchev–Trinajstić information content (AvgIpc) is 3.22. The summed E-state index contributed by atoms with van der Waals surface area (Å²) in [6, 6.07) is 7.31. The standard InChI is InChI=1S/C26H33FN6OS2/c1-5-11-36(34)33-18-8-6-7-17(20(18)27)21-22(35-23(32-21)25(2,3)4)19-9-10-29-24(31-19)30-16-12-26(13-16)14-28-15-26/h6-10,16,28,33H,5,11-15H2,1-4H3,(H,29,30,31). The lowest BCUT2D eigenvalue weighted by Gasteiger charge is -2.54. The number of benzene rings is 1. The molecule has 3 aromatic rings. The maximum absolute atomic E-state index is 15.7. The van der Waals surface area contributed by atoms with Gasteiger partial charge in [0, 0.05) is 42.1 Å². The first kappa shape index (κ1) is 25.2. The Morgan fingerprint density at radius 1 is 1.22 bits per heavy atom. The largest absolute Gasteiger partial charge is 0.351 e. The highest BCUT2D eigenvalue weighted by Gasteiger charge is 2.48. The molecule has 36 heavy (non-hydrogen) atoms. The summed E-state index contributed by atoms with van der Waals surface area (Å²) in [5, 5.41) is 7.74. The van der Waals surface area contributed by atoms with Crippen LogP contribution in [0.3, 0.4) is 0 Å². The third-order valence-corrected chi connectivity index (χ3v) is 9.45. The van der Waals surface area contributed by atoms with Crippen molar-refractivity contribution in [1.29, 1.82) is 0 Å². The Kier molecular flexibility index (Phi) is 6.86. The highest BCUT2D eigenvalue weighted by molar-refractivity contribution is 7.86. The topological polar surface area (TPSA) is 91.8 Å². The van der Waals surface area contributed by atoms with E-state index in [1.54, 1.807) is 24.4 Å². The van der Waals surface area contributed by atoms with Crippen LogP contribution in [0.5, 0.6) is 0 Å². The number of thiazole rings is 1. The Bertz CT molecular complexity index is 1280. The van der Waals surface area contributed by atoms with Crippen LogP contribution in [0.15, 0.2) is 30.5 Å². The second-order valence-corrected chi connectivity index (χ2v) is 13.2. The summed E-state index contributed by atoms with van der Waals surface area (Å²) in [7, 11) is -1.34. The van der Waals surface area contributed by atoms with Crippen molar-refractivity contribution in [3.05, 3.63) is 41.3 Å². The number of aromatic nitrogens is 3. The van der Waals surface area contributed by atoms with Gasteiger partial charge in [-0.2, -0.15) is 0 Å². The van der Waals surface area contributed by atoms with Gasteiger partial charge in [-0.15, -0.1) is 11.3 Å². The highest BCUT2D eigenvalue weighted by Crippen LogP contribution is 2.45. The van der Waals surface area contributed by atoms with E-state index in [2.05, 4.69) is 41.1 Å². The van der Waals surface area contributed by atoms with Crippen molar-refractivity contribution < 1.29 is 8.60 Å². The molecule has 1 aliphatic heterocycles. The minimum atomic E-state index is -1.34. The molecule has 0 radical (unpaired) electrons. The summed E-state index contributed by atoms with van der Waals surface area (Å²) in [5.41, 5.74) is 2.07. The highest BCUT2D eigenvalue weighted by atomic mass is 32.2. The number of hydrogen-bond donors (Lipinski definition) is 3. The molecule has 1 saturated carbocycles. The predicted molar refractivity (Wildman–Crippen MR) is 146 cm³/mol. The van der Waals surface area contributed by atoms with Crippen molar-refractivity contribution in [3.63, 3.8) is 0 Å². The van der Waals surface area contributed by atoms with Gasteiger partial charge < -0.3 is 15.4 Å². The third kappa shape index (κ3) is 5.03. The van der Waals surface area contributed by atoms with Gasteiger partial charge >= 0.3 is 0 Å². The number of halogens is 1. The molecule has 1 spiro atoms. The molecule has 3 heterocycles. The van der Waals surface area contributed by atoms with Gasteiger partial charge in [0.05, 0.1) is 27.0 Å². The van der Waals surface area contributed by atoms with Crippen LogP contribution in [0.1, 0.15) is 52.0 Å². The molecular formula is C26H33FN6OS2. The van der Waals surface area contributed by atoms with Gasteiger partial charge in [-0.05, 0) is 42.9 Å². The Morgan fingerprint density at radius 3 is 2.67 bits per heavy atom. The van der Waals surface area contributed by atoms with Gasteiger partial charge in [0.2, 0.25) is 5.95 Å². The fraction of sp³-hybridized carbons (Fsp3) is 0.500. The molecule has 1 saturated heterocycles. The van der Waals surface area contributed by atoms with E-state index < -0.39 is 16.8 Å². The number of nitrogens with zero attached hydrogens (tertiary/aromatic N) is 3. The first-order valence-electron chi connectivity index (χ1n) is 12.4. The second kappa shape index (κ2) is 9.79. The van der Waals surface area contributed by atoms with E-state index in [9.17, 15) is 4.21 Å². The van der Waals surface area contributed by atoms with E-state index in [4.69, 9.17) is 9.97 Å². The molecule has 5 rings (SSSR count). The molecule has 1 aromatic carbocycles. The Balaban J connectivity index is 1.48. The minimum absolute atomic E-state index is 0.211. The lowest BCUT2D eigenvalue weighted by molar-refractivity contribution is 0.0468. The van der Waals surface area contributed by atoms with Crippen molar-refractivity contribution in [1.82, 2.24) is 20.3 Å². The zero-order chi connectivity index (χ0) is 25.5. The van der Waals surface area contributed by atoms with E-state index in [-0.39, 0.29) is 11.1 Å². The summed E-state index contributed by atoms with van der Waals surface area (Å²) >= 11 is 1.53. The van der Waals surface area contributed by atoms with Crippen LogP contribution in [-0.4, -0.2) is 44.0 Å². The molecule has 3 N–H and O–H groups in total. The molecular weight excluding hydrogens is 495 g/mol. The SMILES string of the molecule is CCCS(=O)Nc1cccc(-c2nc(C(C)(C)C)sc2-c2ccnc(NC3CC4(CNC4)C3)n2)c1F. The molecule has 10 heteroatoms. The van der Waals surface area contributed by atoms with Crippen LogP contribution >= 0.6 is 11.3 Å². The van der Waals surface area contributed by atoms with Crippen molar-refractivity contribution in [2.24, 2.45) is 5.41 Å². The van der Waals surface area contributed by atoms with E-state index in [0.717, 1.165) is 42.2 Å². The molecule has 0 bridgehead atoms. The van der Waals surface area contributed by atoms with E-state index >= 15 is 4.39 Å². The van der Waals surface area contributed by atoms with Crippen LogP contribution in [0, 0.1) is 11.2 Å². The second-order valence-electron chi connectivity index (χ2n) is 10.9. The van der Waals surface area contributed by atoms with E-state index in [1.165, 1.54) is 11.3 Å². The molecule has 7 nitrogen and oxygen atoms in total. The summed E-state index contributed by atoms with van der Waals surface area (Å²) in [6.45, 7) is 10.4. The van der Waals surface area contributed by atoms with Gasteiger partial charge in [0.1, 0.15) is 11.0 Å². The molecule has 1 aliphatic carbocycles. The van der Waals surface area contributed by atoms with Gasteiger partial charge in [-0.1, -0.05) is 33.8 Å². The summed E-state index contributed by atoms with van der Waals surface area (Å²) in [4.78, 5) is 14.9. The van der Waals surface area contributed by atoms with Crippen molar-refractivity contribution >= 4 is 34.0 Å². The Labute approximate surface area is 218 Å². The average molecular weight is 529 g/mol. The first-order valence-corrected chi connectivity index (χ1v) is 14.6. The number of hydrogen-bond acceptors (Lipinski definition) is 7. The van der Waals surface area contributed by atoms with Crippen LogP contribution in [-0.2, 0) is 16.4 Å². The maximum atomic E-state index is 15.7. The molecule has 192 valence electrons. The molecule has 0 amide bonds. The maximum Gasteiger partial charge on any atom is 0.223 e. The van der Waals surface area contributed by atoms with E-state index in [0.29, 0.717) is 40.1 Å². The predicted octanol–water partition coefficient (Wildman–Crippen LogP) is 5.35. The fourth-order valence-corrected chi connectivity index (χ4v) is 6.72. The summed E-state index contributed by atoms with van der Waals surface area (Å²) in [6.07, 6.45) is 4.73. The van der Waals surface area contributed by atoms with Crippen LogP contribution in [0.2, 0.25) is 0 Å². The summed E-state index contributed by atoms with van der Waals surface area (Å²) in [5.74, 6) is 0.576. The molecule has 2 fully saturated rings. The van der Waals surface area contributed by atoms with Crippen LogP contribution in [0.25, 0.3) is 21.8 Å². The lowest BCUT2D eigenvalue weighted by Crippen LogP contribution is -2.63. The quantitative estimate of drug-likeness (QED) is 0.365. The fourth-order valence-electron chi connectivity index (χ4n) is 4.74. The Hall–Kier alpha value is -2.43. The molecule has 1 unspecified atom stereocenters. The van der Waals surface area contributed by atoms with Crippen molar-refractivity contribution in [3.8, 4) is 21.8 Å². The van der Waals surface area contributed by atoms with Gasteiger partial charge in [0.15, 0.2) is 5.82 Å². The van der Waals surface area contributed by atoms with Crippen molar-refractivity contribution in [2.75, 3.05) is 28.9 Å². The molecule has 1 atom stereocenters. The monoisotopic (exact) mass is 528 g/mol. The summed E-state index contributed by atoms with van der Waals surface area (Å²) < 4.78 is 30.8. The first-order chi connectivity index (χ1) is 17.2. The zero-order valence-corrected chi connectivity index (χ0v) is 22.8. The number of nitrogens with one attached hydrogen (secondary N) is 3. The van der Waals surface area contributed by atoms with E-state index in [1.807, 2.05) is 13.0 Å².